The molecule has 0 radical (unpaired) electrons. The van der Waals surface area contributed by atoms with Gasteiger partial charge in [-0.25, -0.2) is 0 Å². The summed E-state index contributed by atoms with van der Waals surface area (Å²) in [5.41, 5.74) is 7.64. The number of nitrogens with zero attached hydrogens (tertiary/aromatic N) is 1. The Bertz CT molecular complexity index is 773. The van der Waals surface area contributed by atoms with Crippen molar-refractivity contribution in [3.63, 3.8) is 0 Å². The van der Waals surface area contributed by atoms with Crippen molar-refractivity contribution in [3.05, 3.63) is 54.1 Å². The summed E-state index contributed by atoms with van der Waals surface area (Å²) in [6.07, 6.45) is 5.15. The first-order valence-electron chi connectivity index (χ1n) is 9.35. The second-order valence-corrected chi connectivity index (χ2v) is 7.15. The number of amides is 1. The van der Waals surface area contributed by atoms with Gasteiger partial charge >= 0.3 is 0 Å². The van der Waals surface area contributed by atoms with Crippen LogP contribution in [0.5, 0.6) is 5.75 Å². The Morgan fingerprint density at radius 1 is 0.964 bits per heavy atom. The Morgan fingerprint density at radius 3 is 2.21 bits per heavy atom. The molecule has 2 fully saturated rings. The van der Waals surface area contributed by atoms with Crippen LogP contribution < -0.4 is 15.8 Å². The molecule has 7 heteroatoms. The first-order valence-corrected chi connectivity index (χ1v) is 9.35. The van der Waals surface area contributed by atoms with Crippen molar-refractivity contribution >= 4 is 42.1 Å². The third-order valence-corrected chi connectivity index (χ3v) is 5.17. The van der Waals surface area contributed by atoms with E-state index in [1.165, 1.54) is 12.8 Å². The first kappa shape index (κ1) is 22.3. The van der Waals surface area contributed by atoms with Crippen LogP contribution in [0.4, 0.5) is 11.4 Å². The fourth-order valence-electron chi connectivity index (χ4n) is 3.48. The number of piperidine rings is 1. The van der Waals surface area contributed by atoms with Gasteiger partial charge in [0.05, 0.1) is 11.4 Å². The van der Waals surface area contributed by atoms with E-state index in [-0.39, 0.29) is 36.8 Å². The quantitative estimate of drug-likeness (QED) is 0.700. The summed E-state index contributed by atoms with van der Waals surface area (Å²) in [5, 5.41) is 2.84. The number of hydrogen-bond donors (Lipinski definition) is 2. The van der Waals surface area contributed by atoms with Gasteiger partial charge in [-0.1, -0.05) is 12.1 Å². The van der Waals surface area contributed by atoms with Crippen molar-refractivity contribution in [2.45, 2.75) is 37.8 Å². The van der Waals surface area contributed by atoms with Crippen LogP contribution in [-0.4, -0.2) is 36.0 Å². The van der Waals surface area contributed by atoms with Crippen LogP contribution in [0, 0.1) is 0 Å². The van der Waals surface area contributed by atoms with Crippen molar-refractivity contribution < 1.29 is 9.53 Å². The van der Waals surface area contributed by atoms with Crippen LogP contribution in [0.2, 0.25) is 0 Å². The monoisotopic (exact) mass is 423 g/mol. The molecule has 3 N–H and O–H groups in total. The Labute approximate surface area is 178 Å². The van der Waals surface area contributed by atoms with E-state index in [9.17, 15) is 4.79 Å². The second-order valence-electron chi connectivity index (χ2n) is 7.15. The lowest BCUT2D eigenvalue weighted by Crippen LogP contribution is -2.39. The largest absolute Gasteiger partial charge is 0.490 e. The third kappa shape index (κ3) is 5.53. The fourth-order valence-corrected chi connectivity index (χ4v) is 3.48. The predicted octanol–water partition coefficient (Wildman–Crippen LogP) is 4.37. The standard InChI is InChI=1S/C21H25N3O2.2ClH/c22-19-3-1-2-4-20(19)23-21(25)15-5-9-17(10-6-15)26-18-11-13-24(14-12-18)16-7-8-16;;/h1-6,9-10,16,18H,7-8,11-14,22H2,(H,23,25);2*1H. The molecule has 4 rings (SSSR count). The van der Waals surface area contributed by atoms with Gasteiger partial charge in [-0.2, -0.15) is 0 Å². The Kier molecular flexibility index (Phi) is 7.98. The van der Waals surface area contributed by atoms with Gasteiger partial charge in [0.25, 0.3) is 5.91 Å². The molecule has 1 heterocycles. The van der Waals surface area contributed by atoms with Gasteiger partial charge in [0, 0.05) is 24.7 Å². The maximum absolute atomic E-state index is 12.4. The van der Waals surface area contributed by atoms with Crippen molar-refractivity contribution in [2.24, 2.45) is 0 Å². The third-order valence-electron chi connectivity index (χ3n) is 5.17. The number of halogens is 2. The van der Waals surface area contributed by atoms with E-state index in [1.807, 2.05) is 24.3 Å². The molecule has 0 aromatic heterocycles. The fraction of sp³-hybridized carbons (Fsp3) is 0.381. The minimum Gasteiger partial charge on any atom is -0.490 e. The molecule has 2 aliphatic rings. The van der Waals surface area contributed by atoms with E-state index in [0.717, 1.165) is 37.7 Å². The Morgan fingerprint density at radius 2 is 1.61 bits per heavy atom. The molecule has 2 aromatic rings. The number of nitrogen functional groups attached to an aromatic ring is 1. The number of likely N-dealkylation sites (tertiary alicyclic amines) is 1. The zero-order valence-corrected chi connectivity index (χ0v) is 17.3. The van der Waals surface area contributed by atoms with E-state index in [1.54, 1.807) is 24.3 Å². The zero-order valence-electron chi connectivity index (χ0n) is 15.7. The maximum Gasteiger partial charge on any atom is 0.255 e. The highest BCUT2D eigenvalue weighted by Gasteiger charge is 2.32. The number of hydrogen-bond acceptors (Lipinski definition) is 4. The maximum atomic E-state index is 12.4. The van der Waals surface area contributed by atoms with Crippen molar-refractivity contribution in [3.8, 4) is 5.75 Å². The molecule has 2 aromatic carbocycles. The van der Waals surface area contributed by atoms with E-state index in [0.29, 0.717) is 16.9 Å². The summed E-state index contributed by atoms with van der Waals surface area (Å²) in [4.78, 5) is 14.9. The van der Waals surface area contributed by atoms with Crippen LogP contribution in [0.15, 0.2) is 48.5 Å². The number of carbonyl (C=O) groups excluding carboxylic acids is 1. The van der Waals surface area contributed by atoms with Crippen LogP contribution >= 0.6 is 24.8 Å². The predicted molar refractivity (Wildman–Crippen MR) is 118 cm³/mol. The number of ether oxygens (including phenoxy) is 1. The number of nitrogens with two attached hydrogens (primary N) is 1. The summed E-state index contributed by atoms with van der Waals surface area (Å²) >= 11 is 0. The molecule has 0 spiro atoms. The number of benzene rings is 2. The number of carbonyl (C=O) groups is 1. The smallest absolute Gasteiger partial charge is 0.255 e. The molecule has 0 unspecified atom stereocenters. The summed E-state index contributed by atoms with van der Waals surface area (Å²) in [7, 11) is 0. The SMILES string of the molecule is Cl.Cl.Nc1ccccc1NC(=O)c1ccc(OC2CCN(C3CC3)CC2)cc1. The highest BCUT2D eigenvalue weighted by atomic mass is 35.5. The topological polar surface area (TPSA) is 67.6 Å². The molecular weight excluding hydrogens is 397 g/mol. The Balaban J connectivity index is 0.00000140. The van der Waals surface area contributed by atoms with Crippen LogP contribution in [-0.2, 0) is 0 Å². The van der Waals surface area contributed by atoms with Gasteiger partial charge in [0.2, 0.25) is 0 Å². The van der Waals surface area contributed by atoms with Crippen molar-refractivity contribution in [1.82, 2.24) is 4.90 Å². The van der Waals surface area contributed by atoms with Gasteiger partial charge < -0.3 is 20.7 Å². The number of rotatable bonds is 5. The van der Waals surface area contributed by atoms with Gasteiger partial charge in [0.15, 0.2) is 0 Å². The van der Waals surface area contributed by atoms with E-state index in [2.05, 4.69) is 10.2 Å². The minimum absolute atomic E-state index is 0. The Hall–Kier alpha value is -1.95. The van der Waals surface area contributed by atoms with Crippen molar-refractivity contribution in [2.75, 3.05) is 24.1 Å². The molecule has 0 bridgehead atoms. The molecular formula is C21H27Cl2N3O2. The summed E-state index contributed by atoms with van der Waals surface area (Å²) < 4.78 is 6.10. The summed E-state index contributed by atoms with van der Waals surface area (Å²) in [5.74, 6) is 0.651. The van der Waals surface area contributed by atoms with Gasteiger partial charge in [-0.3, -0.25) is 4.79 Å². The lowest BCUT2D eigenvalue weighted by Gasteiger charge is -2.32. The van der Waals surface area contributed by atoms with Crippen LogP contribution in [0.1, 0.15) is 36.0 Å². The van der Waals surface area contributed by atoms with Gasteiger partial charge in [0.1, 0.15) is 11.9 Å². The number of anilines is 2. The van der Waals surface area contributed by atoms with Gasteiger partial charge in [-0.05, 0) is 62.1 Å². The zero-order chi connectivity index (χ0) is 17.9. The molecule has 5 nitrogen and oxygen atoms in total. The average Bonchev–Trinajstić information content (AvgIpc) is 3.50. The molecule has 0 atom stereocenters. The lowest BCUT2D eigenvalue weighted by atomic mass is 10.1. The van der Waals surface area contributed by atoms with Gasteiger partial charge in [-0.15, -0.1) is 24.8 Å². The molecule has 1 aliphatic carbocycles. The lowest BCUT2D eigenvalue weighted by molar-refractivity contribution is 0.0965. The number of nitrogens with one attached hydrogen (secondary N) is 1. The van der Waals surface area contributed by atoms with Crippen molar-refractivity contribution in [1.29, 1.82) is 0 Å². The molecule has 1 amide bonds. The molecule has 152 valence electrons. The minimum atomic E-state index is -0.174. The van der Waals surface area contributed by atoms with E-state index < -0.39 is 0 Å². The highest BCUT2D eigenvalue weighted by Crippen LogP contribution is 2.30. The van der Waals surface area contributed by atoms with E-state index >= 15 is 0 Å². The van der Waals surface area contributed by atoms with Crippen LogP contribution in [0.3, 0.4) is 0 Å². The molecule has 1 aliphatic heterocycles. The summed E-state index contributed by atoms with van der Waals surface area (Å²) in [6, 6.07) is 15.4. The average molecular weight is 424 g/mol. The normalized spacial score (nSPS) is 17.1. The molecule has 28 heavy (non-hydrogen) atoms. The molecule has 1 saturated heterocycles. The number of para-hydroxylation sites is 2. The summed E-state index contributed by atoms with van der Waals surface area (Å²) in [6.45, 7) is 2.27. The second kappa shape index (κ2) is 10.0. The van der Waals surface area contributed by atoms with Crippen LogP contribution in [0.25, 0.3) is 0 Å². The highest BCUT2D eigenvalue weighted by molar-refractivity contribution is 6.05. The molecule has 1 saturated carbocycles. The van der Waals surface area contributed by atoms with E-state index in [4.69, 9.17) is 10.5 Å². The first-order chi connectivity index (χ1) is 12.7.